The van der Waals surface area contributed by atoms with Gasteiger partial charge in [0.1, 0.15) is 0 Å². The first-order valence-corrected chi connectivity index (χ1v) is 9.57. The molecular weight excluding hydrogens is 350 g/mol. The van der Waals surface area contributed by atoms with Crippen molar-refractivity contribution in [3.8, 4) is 22.6 Å². The summed E-state index contributed by atoms with van der Waals surface area (Å²) in [5.41, 5.74) is 4.72. The monoisotopic (exact) mass is 373 g/mol. The van der Waals surface area contributed by atoms with Crippen LogP contribution in [0, 0.1) is 0 Å². The minimum Gasteiger partial charge on any atom is -0.454 e. The van der Waals surface area contributed by atoms with Gasteiger partial charge in [0.25, 0.3) is 0 Å². The van der Waals surface area contributed by atoms with Gasteiger partial charge in [-0.15, -0.1) is 0 Å². The molecule has 1 amide bonds. The zero-order valence-corrected chi connectivity index (χ0v) is 15.7. The number of ether oxygens (including phenoxy) is 2. The molecule has 0 atom stereocenters. The van der Waals surface area contributed by atoms with Gasteiger partial charge in [0.2, 0.25) is 12.7 Å². The van der Waals surface area contributed by atoms with Crippen molar-refractivity contribution in [2.45, 2.75) is 19.3 Å². The van der Waals surface area contributed by atoms with Gasteiger partial charge in [0.15, 0.2) is 11.5 Å². The lowest BCUT2D eigenvalue weighted by atomic mass is 10.0. The Kier molecular flexibility index (Phi) is 5.57. The van der Waals surface area contributed by atoms with Gasteiger partial charge in [0, 0.05) is 13.0 Å². The Morgan fingerprint density at radius 2 is 1.50 bits per heavy atom. The maximum atomic E-state index is 12.1. The second-order valence-electron chi connectivity index (χ2n) is 6.85. The molecule has 1 aliphatic heterocycles. The molecule has 1 aliphatic rings. The molecule has 0 aromatic heterocycles. The summed E-state index contributed by atoms with van der Waals surface area (Å²) in [6.45, 7) is 0.913. The molecule has 0 saturated carbocycles. The van der Waals surface area contributed by atoms with Gasteiger partial charge in [0.05, 0.1) is 0 Å². The number of aryl methyl sites for hydroxylation is 1. The third kappa shape index (κ3) is 4.52. The van der Waals surface area contributed by atoms with E-state index < -0.39 is 0 Å². The highest BCUT2D eigenvalue weighted by Crippen LogP contribution is 2.32. The third-order valence-electron chi connectivity index (χ3n) is 4.87. The van der Waals surface area contributed by atoms with E-state index in [2.05, 4.69) is 41.7 Å². The molecule has 3 aromatic carbocycles. The van der Waals surface area contributed by atoms with Gasteiger partial charge < -0.3 is 14.8 Å². The zero-order chi connectivity index (χ0) is 19.2. The summed E-state index contributed by atoms with van der Waals surface area (Å²) in [5.74, 6) is 1.60. The van der Waals surface area contributed by atoms with Gasteiger partial charge in [-0.1, -0.05) is 60.7 Å². The van der Waals surface area contributed by atoms with Crippen LogP contribution < -0.4 is 14.8 Å². The Morgan fingerprint density at radius 3 is 2.32 bits per heavy atom. The van der Waals surface area contributed by atoms with Crippen LogP contribution in [0.5, 0.6) is 11.5 Å². The molecule has 142 valence electrons. The van der Waals surface area contributed by atoms with Gasteiger partial charge in [-0.05, 0) is 47.2 Å². The molecule has 1 heterocycles. The van der Waals surface area contributed by atoms with Crippen molar-refractivity contribution in [2.24, 2.45) is 0 Å². The zero-order valence-electron chi connectivity index (χ0n) is 15.7. The van der Waals surface area contributed by atoms with Crippen molar-refractivity contribution in [1.29, 1.82) is 0 Å². The summed E-state index contributed by atoms with van der Waals surface area (Å²) >= 11 is 0. The molecule has 0 spiro atoms. The van der Waals surface area contributed by atoms with E-state index in [1.807, 2.05) is 36.4 Å². The number of hydrogen-bond acceptors (Lipinski definition) is 3. The summed E-state index contributed by atoms with van der Waals surface area (Å²) in [4.78, 5) is 12.1. The number of nitrogens with one attached hydrogen (secondary N) is 1. The van der Waals surface area contributed by atoms with E-state index in [1.54, 1.807) is 0 Å². The SMILES string of the molecule is O=C(CCc1ccc2c(c1)OCO2)NCCc1ccc(-c2ccccc2)cc1. The predicted molar refractivity (Wildman–Crippen MR) is 109 cm³/mol. The number of fused-ring (bicyclic) bond motifs is 1. The highest BCUT2D eigenvalue weighted by molar-refractivity contribution is 5.76. The lowest BCUT2D eigenvalue weighted by molar-refractivity contribution is -0.121. The van der Waals surface area contributed by atoms with Crippen molar-refractivity contribution < 1.29 is 14.3 Å². The normalized spacial score (nSPS) is 12.0. The third-order valence-corrected chi connectivity index (χ3v) is 4.87. The predicted octanol–water partition coefficient (Wildman–Crippen LogP) is 4.37. The number of carbonyl (C=O) groups excluding carboxylic acids is 1. The molecule has 4 rings (SSSR count). The summed E-state index contributed by atoms with van der Waals surface area (Å²) in [7, 11) is 0. The molecule has 4 heteroatoms. The molecule has 0 unspecified atom stereocenters. The van der Waals surface area contributed by atoms with E-state index >= 15 is 0 Å². The number of carbonyl (C=O) groups is 1. The smallest absolute Gasteiger partial charge is 0.231 e. The van der Waals surface area contributed by atoms with Crippen LogP contribution in [0.2, 0.25) is 0 Å². The Bertz CT molecular complexity index is 936. The van der Waals surface area contributed by atoms with Crippen LogP contribution in [0.1, 0.15) is 17.5 Å². The summed E-state index contributed by atoms with van der Waals surface area (Å²) < 4.78 is 10.7. The minimum atomic E-state index is 0.0681. The highest BCUT2D eigenvalue weighted by atomic mass is 16.7. The molecule has 0 fully saturated rings. The molecule has 4 nitrogen and oxygen atoms in total. The minimum absolute atomic E-state index is 0.0681. The molecule has 28 heavy (non-hydrogen) atoms. The standard InChI is InChI=1S/C24H23NO3/c26-24(13-9-19-8-12-22-23(16-19)28-17-27-22)25-15-14-18-6-10-21(11-7-18)20-4-2-1-3-5-20/h1-8,10-12,16H,9,13-15,17H2,(H,25,26). The lowest BCUT2D eigenvalue weighted by Gasteiger charge is -2.07. The van der Waals surface area contributed by atoms with Crippen LogP contribution in [0.15, 0.2) is 72.8 Å². The van der Waals surface area contributed by atoms with E-state index in [0.29, 0.717) is 19.4 Å². The Morgan fingerprint density at radius 1 is 0.786 bits per heavy atom. The maximum Gasteiger partial charge on any atom is 0.231 e. The quantitative estimate of drug-likeness (QED) is 0.669. The number of hydrogen-bond donors (Lipinski definition) is 1. The van der Waals surface area contributed by atoms with Crippen LogP contribution in [-0.2, 0) is 17.6 Å². The van der Waals surface area contributed by atoms with Crippen molar-refractivity contribution in [1.82, 2.24) is 5.32 Å². The van der Waals surface area contributed by atoms with E-state index in [0.717, 1.165) is 23.5 Å². The lowest BCUT2D eigenvalue weighted by Crippen LogP contribution is -2.25. The first-order chi connectivity index (χ1) is 13.8. The molecular formula is C24H23NO3. The van der Waals surface area contributed by atoms with E-state index in [1.165, 1.54) is 16.7 Å². The van der Waals surface area contributed by atoms with Crippen molar-refractivity contribution >= 4 is 5.91 Å². The highest BCUT2D eigenvalue weighted by Gasteiger charge is 2.13. The first-order valence-electron chi connectivity index (χ1n) is 9.57. The number of benzene rings is 3. The van der Waals surface area contributed by atoms with Crippen molar-refractivity contribution in [3.05, 3.63) is 83.9 Å². The first kappa shape index (κ1) is 18.1. The summed E-state index contributed by atoms with van der Waals surface area (Å²) in [5, 5.41) is 3.01. The fraction of sp³-hybridized carbons (Fsp3) is 0.208. The van der Waals surface area contributed by atoms with E-state index in [9.17, 15) is 4.79 Å². The molecule has 0 saturated heterocycles. The molecule has 0 radical (unpaired) electrons. The fourth-order valence-corrected chi connectivity index (χ4v) is 3.28. The van der Waals surface area contributed by atoms with Crippen LogP contribution in [0.25, 0.3) is 11.1 Å². The average Bonchev–Trinajstić information content (AvgIpc) is 3.21. The second kappa shape index (κ2) is 8.61. The summed E-state index contributed by atoms with van der Waals surface area (Å²) in [6, 6.07) is 24.7. The van der Waals surface area contributed by atoms with Crippen LogP contribution in [-0.4, -0.2) is 19.2 Å². The van der Waals surface area contributed by atoms with Crippen LogP contribution >= 0.6 is 0 Å². The Balaban J connectivity index is 1.21. The molecule has 0 aliphatic carbocycles. The van der Waals surface area contributed by atoms with Crippen molar-refractivity contribution in [2.75, 3.05) is 13.3 Å². The molecule has 3 aromatic rings. The Labute approximate surface area is 165 Å². The van der Waals surface area contributed by atoms with Gasteiger partial charge in [-0.25, -0.2) is 0 Å². The topological polar surface area (TPSA) is 47.6 Å². The molecule has 1 N–H and O–H groups in total. The van der Waals surface area contributed by atoms with Crippen LogP contribution in [0.3, 0.4) is 0 Å². The van der Waals surface area contributed by atoms with Gasteiger partial charge in [-0.3, -0.25) is 4.79 Å². The summed E-state index contributed by atoms with van der Waals surface area (Å²) in [6.07, 6.45) is 1.98. The van der Waals surface area contributed by atoms with Crippen molar-refractivity contribution in [3.63, 3.8) is 0 Å². The fourth-order valence-electron chi connectivity index (χ4n) is 3.28. The molecule has 0 bridgehead atoms. The van der Waals surface area contributed by atoms with Gasteiger partial charge in [-0.2, -0.15) is 0 Å². The second-order valence-corrected chi connectivity index (χ2v) is 6.85. The number of rotatable bonds is 7. The average molecular weight is 373 g/mol. The maximum absolute atomic E-state index is 12.1. The Hall–Kier alpha value is -3.27. The largest absolute Gasteiger partial charge is 0.454 e. The number of amides is 1. The van der Waals surface area contributed by atoms with E-state index in [4.69, 9.17) is 9.47 Å². The van der Waals surface area contributed by atoms with Gasteiger partial charge >= 0.3 is 0 Å². The van der Waals surface area contributed by atoms with Crippen LogP contribution in [0.4, 0.5) is 0 Å². The van der Waals surface area contributed by atoms with E-state index in [-0.39, 0.29) is 12.7 Å².